The van der Waals surface area contributed by atoms with Gasteiger partial charge in [0.2, 0.25) is 5.79 Å². The molecule has 5 nitrogen and oxygen atoms in total. The first-order chi connectivity index (χ1) is 10.6. The summed E-state index contributed by atoms with van der Waals surface area (Å²) in [6.45, 7) is 8.80. The lowest BCUT2D eigenvalue weighted by Gasteiger charge is -2.32. The van der Waals surface area contributed by atoms with Crippen LogP contribution in [0.5, 0.6) is 5.75 Å². The zero-order valence-corrected chi connectivity index (χ0v) is 14.1. The number of para-hydroxylation sites is 1. The highest BCUT2D eigenvalue weighted by Crippen LogP contribution is 2.34. The number of carbonyl (C=O) groups excluding carboxylic acids is 2. The number of benzene rings is 1. The molecule has 0 N–H and O–H groups in total. The zero-order valence-electron chi connectivity index (χ0n) is 14.1. The molecule has 1 aromatic carbocycles. The number of ether oxygens (including phenoxy) is 3. The van der Waals surface area contributed by atoms with Gasteiger partial charge in [-0.3, -0.25) is 0 Å². The quantitative estimate of drug-likeness (QED) is 0.631. The van der Waals surface area contributed by atoms with E-state index in [-0.39, 0.29) is 0 Å². The third kappa shape index (κ3) is 4.58. The van der Waals surface area contributed by atoms with E-state index < -0.39 is 23.3 Å². The van der Waals surface area contributed by atoms with Crippen LogP contribution in [0.4, 0.5) is 0 Å². The highest BCUT2D eigenvalue weighted by atomic mass is 16.7. The van der Waals surface area contributed by atoms with Crippen molar-refractivity contribution < 1.29 is 23.8 Å². The van der Waals surface area contributed by atoms with Crippen LogP contribution in [0.2, 0.25) is 0 Å². The predicted octanol–water partition coefficient (Wildman–Crippen LogP) is 3.41. The van der Waals surface area contributed by atoms with Crippen LogP contribution in [0.25, 0.3) is 0 Å². The monoisotopic (exact) mass is 318 g/mol. The summed E-state index contributed by atoms with van der Waals surface area (Å²) in [6.07, 6.45) is 3.53. The molecule has 0 aromatic heterocycles. The standard InChI is InChI=1S/C18H22O5/c1-17(2,3)21-14(19)11-7-9-12-8-6-10-13-15(12)22-18(4,5)23-16(13)20/h6-8,10-11H,9H2,1-5H3/b11-7+. The summed E-state index contributed by atoms with van der Waals surface area (Å²) < 4.78 is 16.2. The van der Waals surface area contributed by atoms with E-state index in [1.165, 1.54) is 6.08 Å². The van der Waals surface area contributed by atoms with E-state index in [4.69, 9.17) is 14.2 Å². The fraction of sp³-hybridized carbons (Fsp3) is 0.444. The average Bonchev–Trinajstić information content (AvgIpc) is 2.36. The fourth-order valence-corrected chi connectivity index (χ4v) is 2.19. The van der Waals surface area contributed by atoms with Gasteiger partial charge in [-0.15, -0.1) is 0 Å². The Bertz CT molecular complexity index is 650. The molecule has 0 spiro atoms. The van der Waals surface area contributed by atoms with Gasteiger partial charge in [0.05, 0.1) is 0 Å². The van der Waals surface area contributed by atoms with Gasteiger partial charge in [0, 0.05) is 19.9 Å². The molecule has 0 saturated carbocycles. The topological polar surface area (TPSA) is 61.8 Å². The second-order valence-corrected chi connectivity index (χ2v) is 6.83. The molecule has 0 unspecified atom stereocenters. The summed E-state index contributed by atoms with van der Waals surface area (Å²) in [5.74, 6) is -1.31. The molecule has 0 atom stereocenters. The van der Waals surface area contributed by atoms with Crippen LogP contribution in [0.15, 0.2) is 30.4 Å². The fourth-order valence-electron chi connectivity index (χ4n) is 2.19. The second-order valence-electron chi connectivity index (χ2n) is 6.83. The van der Waals surface area contributed by atoms with E-state index in [0.29, 0.717) is 17.7 Å². The first-order valence-corrected chi connectivity index (χ1v) is 7.51. The Kier molecular flexibility index (Phi) is 4.50. The van der Waals surface area contributed by atoms with Crippen LogP contribution in [0.1, 0.15) is 50.5 Å². The minimum atomic E-state index is -1.00. The molecule has 0 aliphatic carbocycles. The van der Waals surface area contributed by atoms with Crippen LogP contribution < -0.4 is 4.74 Å². The predicted molar refractivity (Wildman–Crippen MR) is 85.3 cm³/mol. The van der Waals surface area contributed by atoms with Crippen LogP contribution >= 0.6 is 0 Å². The Hall–Kier alpha value is -2.30. The summed E-state index contributed by atoms with van der Waals surface area (Å²) in [7, 11) is 0. The largest absolute Gasteiger partial charge is 0.457 e. The molecule has 1 aliphatic heterocycles. The smallest absolute Gasteiger partial charge is 0.345 e. The number of rotatable bonds is 3. The van der Waals surface area contributed by atoms with Gasteiger partial charge in [-0.05, 0) is 38.8 Å². The van der Waals surface area contributed by atoms with E-state index in [2.05, 4.69) is 0 Å². The molecule has 1 aliphatic rings. The van der Waals surface area contributed by atoms with Crippen LogP contribution in [-0.2, 0) is 20.7 Å². The number of hydrogen-bond acceptors (Lipinski definition) is 5. The molecule has 1 aromatic rings. The van der Waals surface area contributed by atoms with Crippen LogP contribution in [0, 0.1) is 0 Å². The highest BCUT2D eigenvalue weighted by molar-refractivity contribution is 5.94. The molecular formula is C18H22O5. The molecule has 0 radical (unpaired) electrons. The summed E-state index contributed by atoms with van der Waals surface area (Å²) in [4.78, 5) is 23.7. The minimum absolute atomic E-state index is 0.396. The van der Waals surface area contributed by atoms with E-state index >= 15 is 0 Å². The van der Waals surface area contributed by atoms with Crippen molar-refractivity contribution in [2.45, 2.75) is 52.4 Å². The molecule has 0 fully saturated rings. The average molecular weight is 318 g/mol. The molecule has 2 rings (SSSR count). The third-order valence-corrected chi connectivity index (χ3v) is 3.00. The summed E-state index contributed by atoms with van der Waals surface area (Å²) >= 11 is 0. The van der Waals surface area contributed by atoms with Crippen molar-refractivity contribution in [1.82, 2.24) is 0 Å². The zero-order chi connectivity index (χ0) is 17.3. The molecule has 1 heterocycles. The first kappa shape index (κ1) is 17.1. The maximum absolute atomic E-state index is 12.0. The summed E-state index contributed by atoms with van der Waals surface area (Å²) in [6, 6.07) is 5.28. The van der Waals surface area contributed by atoms with E-state index in [9.17, 15) is 9.59 Å². The van der Waals surface area contributed by atoms with Gasteiger partial charge < -0.3 is 14.2 Å². The lowest BCUT2D eigenvalue weighted by Crippen LogP contribution is -2.39. The summed E-state index contributed by atoms with van der Waals surface area (Å²) in [5.41, 5.74) is 0.684. The number of esters is 2. The van der Waals surface area contributed by atoms with Gasteiger partial charge in [-0.25, -0.2) is 9.59 Å². The van der Waals surface area contributed by atoms with E-state index in [1.54, 1.807) is 32.1 Å². The molecule has 23 heavy (non-hydrogen) atoms. The molecule has 0 amide bonds. The lowest BCUT2D eigenvalue weighted by molar-refractivity contribution is -0.148. The Morgan fingerprint density at radius 1 is 1.26 bits per heavy atom. The molecule has 5 heteroatoms. The van der Waals surface area contributed by atoms with E-state index in [0.717, 1.165) is 5.56 Å². The number of carbonyl (C=O) groups is 2. The lowest BCUT2D eigenvalue weighted by atomic mass is 10.0. The molecular weight excluding hydrogens is 296 g/mol. The van der Waals surface area contributed by atoms with Crippen molar-refractivity contribution in [2.24, 2.45) is 0 Å². The number of hydrogen-bond donors (Lipinski definition) is 0. The highest BCUT2D eigenvalue weighted by Gasteiger charge is 2.34. The Morgan fingerprint density at radius 2 is 1.96 bits per heavy atom. The van der Waals surface area contributed by atoms with Crippen molar-refractivity contribution in [3.05, 3.63) is 41.5 Å². The summed E-state index contributed by atoms with van der Waals surface area (Å²) in [5, 5.41) is 0. The Morgan fingerprint density at radius 3 is 2.61 bits per heavy atom. The van der Waals surface area contributed by atoms with E-state index in [1.807, 2.05) is 26.8 Å². The number of allylic oxidation sites excluding steroid dienone is 1. The SMILES string of the molecule is CC(C)(C)OC(=O)/C=C/Cc1cccc2c1OC(C)(C)OC2=O. The Labute approximate surface area is 136 Å². The maximum atomic E-state index is 12.0. The van der Waals surface area contributed by atoms with Gasteiger partial charge in [0.15, 0.2) is 0 Å². The van der Waals surface area contributed by atoms with Gasteiger partial charge in [-0.2, -0.15) is 0 Å². The normalized spacial score (nSPS) is 16.5. The molecule has 0 saturated heterocycles. The van der Waals surface area contributed by atoms with Gasteiger partial charge >= 0.3 is 11.9 Å². The second kappa shape index (κ2) is 6.07. The number of fused-ring (bicyclic) bond motifs is 1. The van der Waals surface area contributed by atoms with Crippen LogP contribution in [-0.4, -0.2) is 23.3 Å². The first-order valence-electron chi connectivity index (χ1n) is 7.51. The van der Waals surface area contributed by atoms with Gasteiger partial charge in [0.25, 0.3) is 0 Å². The molecule has 0 bridgehead atoms. The maximum Gasteiger partial charge on any atom is 0.345 e. The van der Waals surface area contributed by atoms with Crippen molar-refractivity contribution in [1.29, 1.82) is 0 Å². The Balaban J connectivity index is 2.15. The van der Waals surface area contributed by atoms with Gasteiger partial charge in [-0.1, -0.05) is 18.2 Å². The van der Waals surface area contributed by atoms with Crippen molar-refractivity contribution >= 4 is 11.9 Å². The minimum Gasteiger partial charge on any atom is -0.457 e. The third-order valence-electron chi connectivity index (χ3n) is 3.00. The van der Waals surface area contributed by atoms with Crippen molar-refractivity contribution in [2.75, 3.05) is 0 Å². The molecule has 124 valence electrons. The van der Waals surface area contributed by atoms with Crippen molar-refractivity contribution in [3.8, 4) is 5.75 Å². The van der Waals surface area contributed by atoms with Gasteiger partial charge in [0.1, 0.15) is 16.9 Å². The number of cyclic esters (lactones) is 1. The van der Waals surface area contributed by atoms with Crippen molar-refractivity contribution in [3.63, 3.8) is 0 Å². The van der Waals surface area contributed by atoms with Crippen LogP contribution in [0.3, 0.4) is 0 Å².